The summed E-state index contributed by atoms with van der Waals surface area (Å²) in [6.45, 7) is 2.46. The number of nitrogens with one attached hydrogen (secondary N) is 1. The number of carbonyl (C=O) groups is 3. The Bertz CT molecular complexity index is 832. The summed E-state index contributed by atoms with van der Waals surface area (Å²) in [6, 6.07) is 6.69. The number of rotatable bonds is 4. The molecule has 2 aromatic rings. The highest BCUT2D eigenvalue weighted by Crippen LogP contribution is 2.33. The quantitative estimate of drug-likeness (QED) is 0.665. The van der Waals surface area contributed by atoms with Crippen molar-refractivity contribution in [3.8, 4) is 6.07 Å². The van der Waals surface area contributed by atoms with Gasteiger partial charge in [-0.25, -0.2) is 0 Å². The topological polar surface area (TPSA) is 100 Å². The molecule has 0 saturated carbocycles. The number of hydrogen-bond acceptors (Lipinski definition) is 5. The van der Waals surface area contributed by atoms with E-state index in [0.717, 1.165) is 11.4 Å². The molecule has 1 N–H and O–H groups in total. The molecule has 1 atom stereocenters. The number of benzene rings is 1. The Morgan fingerprint density at radius 3 is 2.55 bits per heavy atom. The van der Waals surface area contributed by atoms with Crippen LogP contribution in [0, 0.1) is 17.2 Å². The molecule has 1 amide bonds. The summed E-state index contributed by atoms with van der Waals surface area (Å²) >= 11 is 3.30. The minimum atomic E-state index is -1.43. The summed E-state index contributed by atoms with van der Waals surface area (Å²) < 4.78 is 6.17. The zero-order valence-electron chi connectivity index (χ0n) is 11.8. The Morgan fingerprint density at radius 2 is 2.00 bits per heavy atom. The van der Waals surface area contributed by atoms with Gasteiger partial charge in [0.15, 0.2) is 23.2 Å². The Hall–Kier alpha value is -2.46. The molecule has 0 aliphatic rings. The zero-order valence-corrected chi connectivity index (χ0v) is 13.4. The first kappa shape index (κ1) is 15.9. The molecule has 1 heterocycles. The molecule has 1 aromatic heterocycles. The average Bonchev–Trinajstić information content (AvgIpc) is 2.77. The van der Waals surface area contributed by atoms with Gasteiger partial charge in [0.1, 0.15) is 5.58 Å². The van der Waals surface area contributed by atoms with Crippen LogP contribution in [0.5, 0.6) is 0 Å². The fourth-order valence-corrected chi connectivity index (χ4v) is 2.33. The van der Waals surface area contributed by atoms with Crippen LogP contribution in [0.25, 0.3) is 11.0 Å². The Labute approximate surface area is 134 Å². The van der Waals surface area contributed by atoms with E-state index in [9.17, 15) is 14.4 Å². The lowest BCUT2D eigenvalue weighted by molar-refractivity contribution is -0.127. The fraction of sp³-hybridized carbons (Fsp3) is 0.200. The Kier molecular flexibility index (Phi) is 4.43. The van der Waals surface area contributed by atoms with E-state index in [1.54, 1.807) is 24.3 Å². The molecule has 6 nitrogen and oxygen atoms in total. The maximum absolute atomic E-state index is 12.1. The third kappa shape index (κ3) is 2.92. The number of Topliss-reactive ketones (excluding diaryl/α,β-unsaturated/α-hetero) is 2. The van der Waals surface area contributed by atoms with Gasteiger partial charge >= 0.3 is 0 Å². The lowest BCUT2D eigenvalue weighted by Gasteiger charge is -2.07. The summed E-state index contributed by atoms with van der Waals surface area (Å²) in [6.07, 6.45) is 0. The molecule has 0 fully saturated rings. The van der Waals surface area contributed by atoms with Gasteiger partial charge in [0.25, 0.3) is 0 Å². The molecule has 1 aromatic carbocycles. The SMILES string of the molecule is CC(=O)c1oc2ccc(Br)cc2c1NC(=O)C(C#N)C(C)=O. The summed E-state index contributed by atoms with van der Waals surface area (Å²) in [4.78, 5) is 35.1. The van der Waals surface area contributed by atoms with E-state index >= 15 is 0 Å². The smallest absolute Gasteiger partial charge is 0.249 e. The zero-order chi connectivity index (χ0) is 16.4. The standard InChI is InChI=1S/C15H11BrN2O4/c1-7(19)11(6-17)15(21)18-13-10-5-9(16)3-4-12(10)22-14(13)8(2)20/h3-5,11H,1-2H3,(H,18,21). The minimum Gasteiger partial charge on any atom is -0.451 e. The maximum atomic E-state index is 12.1. The summed E-state index contributed by atoms with van der Waals surface area (Å²) in [5, 5.41) is 11.9. The molecule has 1 unspecified atom stereocenters. The van der Waals surface area contributed by atoms with Gasteiger partial charge in [-0.1, -0.05) is 15.9 Å². The van der Waals surface area contributed by atoms with E-state index in [4.69, 9.17) is 9.68 Å². The summed E-state index contributed by atoms with van der Waals surface area (Å²) in [5.41, 5.74) is 0.579. The fourth-order valence-electron chi connectivity index (χ4n) is 1.97. The average molecular weight is 363 g/mol. The lowest BCUT2D eigenvalue weighted by atomic mass is 10.1. The monoisotopic (exact) mass is 362 g/mol. The van der Waals surface area contributed by atoms with Crippen LogP contribution in [0.1, 0.15) is 24.4 Å². The van der Waals surface area contributed by atoms with Crippen molar-refractivity contribution in [2.45, 2.75) is 13.8 Å². The van der Waals surface area contributed by atoms with Gasteiger partial charge < -0.3 is 9.73 Å². The van der Waals surface area contributed by atoms with Crippen molar-refractivity contribution in [3.63, 3.8) is 0 Å². The number of hydrogen-bond donors (Lipinski definition) is 1. The molecule has 0 radical (unpaired) electrons. The molecule has 2 rings (SSSR count). The van der Waals surface area contributed by atoms with E-state index in [1.807, 2.05) is 0 Å². The van der Waals surface area contributed by atoms with Gasteiger partial charge in [0, 0.05) is 16.8 Å². The third-order valence-electron chi connectivity index (χ3n) is 3.02. The second-order valence-electron chi connectivity index (χ2n) is 4.66. The third-order valence-corrected chi connectivity index (χ3v) is 3.51. The van der Waals surface area contributed by atoms with Crippen LogP contribution in [-0.2, 0) is 9.59 Å². The molecule has 112 valence electrons. The van der Waals surface area contributed by atoms with E-state index < -0.39 is 17.6 Å². The maximum Gasteiger partial charge on any atom is 0.249 e. The lowest BCUT2D eigenvalue weighted by Crippen LogP contribution is -2.27. The van der Waals surface area contributed by atoms with Gasteiger partial charge in [-0.05, 0) is 25.1 Å². The van der Waals surface area contributed by atoms with Crippen molar-refractivity contribution in [1.29, 1.82) is 5.26 Å². The van der Waals surface area contributed by atoms with E-state index in [1.165, 1.54) is 6.92 Å². The van der Waals surface area contributed by atoms with Crippen molar-refractivity contribution in [2.75, 3.05) is 5.32 Å². The molecule has 0 bridgehead atoms. The van der Waals surface area contributed by atoms with Crippen LogP contribution < -0.4 is 5.32 Å². The predicted octanol–water partition coefficient (Wildman–Crippen LogP) is 3.07. The first-order chi connectivity index (χ1) is 10.3. The molecule has 0 aliphatic carbocycles. The highest BCUT2D eigenvalue weighted by Gasteiger charge is 2.26. The molecule has 7 heteroatoms. The van der Waals surface area contributed by atoms with Gasteiger partial charge in [-0.2, -0.15) is 5.26 Å². The number of carbonyl (C=O) groups excluding carboxylic acids is 3. The molecule has 0 saturated heterocycles. The van der Waals surface area contributed by atoms with Crippen molar-refractivity contribution in [1.82, 2.24) is 0 Å². The normalized spacial score (nSPS) is 11.7. The number of fused-ring (bicyclic) bond motifs is 1. The van der Waals surface area contributed by atoms with Crippen molar-refractivity contribution in [3.05, 3.63) is 28.4 Å². The van der Waals surface area contributed by atoms with Crippen molar-refractivity contribution < 1.29 is 18.8 Å². The predicted molar refractivity (Wildman–Crippen MR) is 82.3 cm³/mol. The Balaban J connectivity index is 2.54. The first-order valence-electron chi connectivity index (χ1n) is 6.29. The van der Waals surface area contributed by atoms with E-state index in [-0.39, 0.29) is 17.2 Å². The summed E-state index contributed by atoms with van der Waals surface area (Å²) in [5.74, 6) is -3.20. The largest absolute Gasteiger partial charge is 0.451 e. The first-order valence-corrected chi connectivity index (χ1v) is 7.08. The highest BCUT2D eigenvalue weighted by atomic mass is 79.9. The van der Waals surface area contributed by atoms with Crippen LogP contribution in [-0.4, -0.2) is 17.5 Å². The summed E-state index contributed by atoms with van der Waals surface area (Å²) in [7, 11) is 0. The number of furan rings is 1. The van der Waals surface area contributed by atoms with Crippen molar-refractivity contribution >= 4 is 50.1 Å². The number of halogens is 1. The van der Waals surface area contributed by atoms with E-state index in [2.05, 4.69) is 21.2 Å². The van der Waals surface area contributed by atoms with Crippen LogP contribution in [0.15, 0.2) is 27.1 Å². The van der Waals surface area contributed by atoms with Crippen LogP contribution in [0.3, 0.4) is 0 Å². The number of nitrogens with zero attached hydrogens (tertiary/aromatic N) is 1. The van der Waals surface area contributed by atoms with Gasteiger partial charge in [0.2, 0.25) is 5.91 Å². The van der Waals surface area contributed by atoms with Crippen LogP contribution in [0.2, 0.25) is 0 Å². The van der Waals surface area contributed by atoms with Gasteiger partial charge in [0.05, 0.1) is 11.8 Å². The van der Waals surface area contributed by atoms with E-state index in [0.29, 0.717) is 11.0 Å². The molecular weight excluding hydrogens is 352 g/mol. The second-order valence-corrected chi connectivity index (χ2v) is 5.58. The minimum absolute atomic E-state index is 0.0262. The number of amides is 1. The van der Waals surface area contributed by atoms with Crippen molar-refractivity contribution in [2.24, 2.45) is 5.92 Å². The number of ketones is 2. The molecule has 22 heavy (non-hydrogen) atoms. The Morgan fingerprint density at radius 1 is 1.32 bits per heavy atom. The number of anilines is 1. The molecule has 0 spiro atoms. The van der Waals surface area contributed by atoms with Crippen LogP contribution >= 0.6 is 15.9 Å². The van der Waals surface area contributed by atoms with Gasteiger partial charge in [-0.3, -0.25) is 14.4 Å². The van der Waals surface area contributed by atoms with Gasteiger partial charge in [-0.15, -0.1) is 0 Å². The second kappa shape index (κ2) is 6.12. The number of nitriles is 1. The molecule has 0 aliphatic heterocycles. The highest BCUT2D eigenvalue weighted by molar-refractivity contribution is 9.10. The molecular formula is C15H11BrN2O4. The van der Waals surface area contributed by atoms with Crippen LogP contribution in [0.4, 0.5) is 5.69 Å².